The highest BCUT2D eigenvalue weighted by Gasteiger charge is 2.25. The van der Waals surface area contributed by atoms with E-state index in [1.165, 1.54) is 0 Å². The second-order valence-corrected chi connectivity index (χ2v) is 3.94. The molecule has 1 unspecified atom stereocenters. The fraction of sp³-hybridized carbons (Fsp3) is 0.889. The maximum absolute atomic E-state index is 4.45. The van der Waals surface area contributed by atoms with Gasteiger partial charge in [0.2, 0.25) is 0 Å². The van der Waals surface area contributed by atoms with E-state index in [2.05, 4.69) is 34.1 Å². The number of aliphatic imine (C=N–C) groups is 1. The van der Waals surface area contributed by atoms with Crippen LogP contribution in [0.1, 0.15) is 6.92 Å². The summed E-state index contributed by atoms with van der Waals surface area (Å²) < 4.78 is 0. The Morgan fingerprint density at radius 2 is 2.31 bits per heavy atom. The summed E-state index contributed by atoms with van der Waals surface area (Å²) >= 11 is 0. The molecule has 0 radical (unpaired) electrons. The van der Waals surface area contributed by atoms with Crippen LogP contribution in [0.15, 0.2) is 4.99 Å². The number of nitrogens with zero attached hydrogens (tertiary/aromatic N) is 3. The zero-order valence-corrected chi connectivity index (χ0v) is 8.45. The molecule has 2 rings (SSSR count). The van der Waals surface area contributed by atoms with Crippen LogP contribution in [0.25, 0.3) is 0 Å². The van der Waals surface area contributed by atoms with Crippen molar-refractivity contribution in [2.24, 2.45) is 4.99 Å². The summed E-state index contributed by atoms with van der Waals surface area (Å²) in [5, 5.41) is 3.33. The molecule has 0 aromatic heterocycles. The van der Waals surface area contributed by atoms with E-state index < -0.39 is 0 Å². The van der Waals surface area contributed by atoms with Gasteiger partial charge in [0, 0.05) is 32.2 Å². The highest BCUT2D eigenvalue weighted by Crippen LogP contribution is 2.08. The lowest BCUT2D eigenvalue weighted by Gasteiger charge is -2.39. The van der Waals surface area contributed by atoms with Crippen LogP contribution < -0.4 is 5.32 Å². The molecule has 2 heterocycles. The van der Waals surface area contributed by atoms with Crippen LogP contribution in [0.4, 0.5) is 0 Å². The van der Waals surface area contributed by atoms with Crippen LogP contribution in [0.2, 0.25) is 0 Å². The molecule has 0 spiro atoms. The Morgan fingerprint density at radius 3 is 2.92 bits per heavy atom. The van der Waals surface area contributed by atoms with Gasteiger partial charge in [-0.3, -0.25) is 4.99 Å². The second kappa shape index (κ2) is 3.54. The molecule has 0 aliphatic carbocycles. The number of hydrogen-bond donors (Lipinski definition) is 1. The third kappa shape index (κ3) is 1.77. The molecule has 0 amide bonds. The zero-order chi connectivity index (χ0) is 9.26. The molecule has 2 aliphatic heterocycles. The Balaban J connectivity index is 1.99. The lowest BCUT2D eigenvalue weighted by Crippen LogP contribution is -2.55. The van der Waals surface area contributed by atoms with E-state index >= 15 is 0 Å². The van der Waals surface area contributed by atoms with Crippen molar-refractivity contribution in [2.75, 3.05) is 39.8 Å². The Hall–Kier alpha value is -0.770. The van der Waals surface area contributed by atoms with Crippen LogP contribution >= 0.6 is 0 Å². The Morgan fingerprint density at radius 1 is 1.46 bits per heavy atom. The maximum atomic E-state index is 4.45. The molecule has 13 heavy (non-hydrogen) atoms. The number of nitrogens with one attached hydrogen (secondary N) is 1. The summed E-state index contributed by atoms with van der Waals surface area (Å²) in [5.41, 5.74) is 0. The van der Waals surface area contributed by atoms with E-state index in [-0.39, 0.29) is 0 Å². The molecular formula is C9H18N4. The van der Waals surface area contributed by atoms with Crippen molar-refractivity contribution in [1.82, 2.24) is 15.1 Å². The predicted molar refractivity (Wildman–Crippen MR) is 54.0 cm³/mol. The van der Waals surface area contributed by atoms with Gasteiger partial charge in [0.15, 0.2) is 5.96 Å². The number of likely N-dealkylation sites (N-methyl/N-ethyl adjacent to an activating group) is 1. The number of rotatable bonds is 0. The lowest BCUT2D eigenvalue weighted by atomic mass is 10.2. The molecule has 4 heteroatoms. The topological polar surface area (TPSA) is 30.9 Å². The molecule has 1 atom stereocenters. The monoisotopic (exact) mass is 182 g/mol. The SMILES string of the molecule is CC1CN(C)CCN1C1=NCCN1. The summed E-state index contributed by atoms with van der Waals surface area (Å²) in [5.74, 6) is 1.11. The van der Waals surface area contributed by atoms with E-state index in [1.54, 1.807) is 0 Å². The molecule has 1 N–H and O–H groups in total. The van der Waals surface area contributed by atoms with Crippen LogP contribution in [0, 0.1) is 0 Å². The standard InChI is InChI=1S/C9H18N4/c1-8-7-12(2)5-6-13(8)9-10-3-4-11-9/h8H,3-7H2,1-2H3,(H,10,11). The number of hydrogen-bond acceptors (Lipinski definition) is 4. The first-order chi connectivity index (χ1) is 6.27. The zero-order valence-electron chi connectivity index (χ0n) is 8.45. The molecule has 74 valence electrons. The molecule has 0 bridgehead atoms. The van der Waals surface area contributed by atoms with Crippen molar-refractivity contribution in [1.29, 1.82) is 0 Å². The fourth-order valence-electron chi connectivity index (χ4n) is 2.03. The normalized spacial score (nSPS) is 30.2. The first-order valence-corrected chi connectivity index (χ1v) is 5.01. The minimum Gasteiger partial charge on any atom is -0.354 e. The quantitative estimate of drug-likeness (QED) is 0.552. The molecule has 0 aromatic carbocycles. The van der Waals surface area contributed by atoms with Crippen LogP contribution in [-0.2, 0) is 0 Å². The van der Waals surface area contributed by atoms with E-state index in [4.69, 9.17) is 0 Å². The average Bonchev–Trinajstić information content (AvgIpc) is 2.56. The number of guanidine groups is 1. The van der Waals surface area contributed by atoms with Gasteiger partial charge in [-0.2, -0.15) is 0 Å². The molecule has 1 saturated heterocycles. The van der Waals surface area contributed by atoms with Gasteiger partial charge in [-0.15, -0.1) is 0 Å². The van der Waals surface area contributed by atoms with E-state index in [0.29, 0.717) is 6.04 Å². The van der Waals surface area contributed by atoms with Crippen molar-refractivity contribution >= 4 is 5.96 Å². The predicted octanol–water partition coefficient (Wildman–Crippen LogP) is -0.418. The highest BCUT2D eigenvalue weighted by atomic mass is 15.4. The van der Waals surface area contributed by atoms with Gasteiger partial charge in [-0.25, -0.2) is 0 Å². The lowest BCUT2D eigenvalue weighted by molar-refractivity contribution is 0.159. The Bertz CT molecular complexity index is 214. The van der Waals surface area contributed by atoms with Gasteiger partial charge in [-0.1, -0.05) is 0 Å². The van der Waals surface area contributed by atoms with Gasteiger partial charge >= 0.3 is 0 Å². The Labute approximate surface area is 79.6 Å². The van der Waals surface area contributed by atoms with Gasteiger partial charge in [0.05, 0.1) is 6.54 Å². The third-order valence-electron chi connectivity index (χ3n) is 2.76. The number of piperazine rings is 1. The van der Waals surface area contributed by atoms with E-state index in [1.807, 2.05) is 0 Å². The maximum Gasteiger partial charge on any atom is 0.194 e. The van der Waals surface area contributed by atoms with Crippen LogP contribution in [-0.4, -0.2) is 61.6 Å². The smallest absolute Gasteiger partial charge is 0.194 e. The summed E-state index contributed by atoms with van der Waals surface area (Å²) in [4.78, 5) is 9.20. The summed E-state index contributed by atoms with van der Waals surface area (Å²) in [7, 11) is 2.18. The summed E-state index contributed by atoms with van der Waals surface area (Å²) in [6, 6.07) is 0.586. The molecule has 1 fully saturated rings. The first-order valence-electron chi connectivity index (χ1n) is 5.01. The van der Waals surface area contributed by atoms with Crippen LogP contribution in [0.5, 0.6) is 0 Å². The molecule has 4 nitrogen and oxygen atoms in total. The molecule has 0 saturated carbocycles. The molecular weight excluding hydrogens is 164 g/mol. The van der Waals surface area contributed by atoms with Crippen molar-refractivity contribution in [2.45, 2.75) is 13.0 Å². The minimum atomic E-state index is 0.586. The van der Waals surface area contributed by atoms with Gasteiger partial charge in [0.25, 0.3) is 0 Å². The van der Waals surface area contributed by atoms with Crippen molar-refractivity contribution in [3.8, 4) is 0 Å². The van der Waals surface area contributed by atoms with Crippen LogP contribution in [0.3, 0.4) is 0 Å². The second-order valence-electron chi connectivity index (χ2n) is 3.94. The van der Waals surface area contributed by atoms with E-state index in [9.17, 15) is 0 Å². The van der Waals surface area contributed by atoms with Crippen molar-refractivity contribution < 1.29 is 0 Å². The molecule has 2 aliphatic rings. The Kier molecular flexibility index (Phi) is 2.40. The van der Waals surface area contributed by atoms with Gasteiger partial charge < -0.3 is 15.1 Å². The summed E-state index contributed by atoms with van der Waals surface area (Å²) in [6.07, 6.45) is 0. The van der Waals surface area contributed by atoms with E-state index in [0.717, 1.165) is 38.7 Å². The first kappa shape index (κ1) is 8.81. The summed E-state index contributed by atoms with van der Waals surface area (Å²) in [6.45, 7) is 7.59. The fourth-order valence-corrected chi connectivity index (χ4v) is 2.03. The van der Waals surface area contributed by atoms with Gasteiger partial charge in [-0.05, 0) is 14.0 Å². The largest absolute Gasteiger partial charge is 0.354 e. The van der Waals surface area contributed by atoms with Gasteiger partial charge in [0.1, 0.15) is 0 Å². The third-order valence-corrected chi connectivity index (χ3v) is 2.76. The van der Waals surface area contributed by atoms with Crippen molar-refractivity contribution in [3.05, 3.63) is 0 Å². The minimum absolute atomic E-state index is 0.586. The highest BCUT2D eigenvalue weighted by molar-refractivity contribution is 5.81. The molecule has 0 aromatic rings. The average molecular weight is 182 g/mol. The van der Waals surface area contributed by atoms with Crippen molar-refractivity contribution in [3.63, 3.8) is 0 Å².